The number of aryl methyl sites for hydroxylation is 1. The van der Waals surface area contributed by atoms with Crippen LogP contribution in [0, 0.1) is 6.92 Å². The number of hydrogen-bond acceptors (Lipinski definition) is 1. The van der Waals surface area contributed by atoms with E-state index in [1.807, 2.05) is 0 Å². The van der Waals surface area contributed by atoms with Gasteiger partial charge in [0.15, 0.2) is 0 Å². The molecule has 1 heteroatoms. The Balaban J connectivity index is 1.31. The molecule has 0 amide bonds. The van der Waals surface area contributed by atoms with E-state index in [4.69, 9.17) is 0 Å². The standard InChI is InChI=1S/C47H43N/c1-32-28-43-44(47(4,5)27-26-46(43,2)3)31-45(32)48(38-18-13-17-35(29-38)33-14-7-6-8-15-33)37-24-22-34(23-25-37)42-30-36-16-9-10-19-39(36)40-20-11-12-21-41(40)42/h6-25,28-31H,26-27H2,1-5H3. The molecule has 0 aliphatic heterocycles. The lowest BCUT2D eigenvalue weighted by molar-refractivity contribution is 0.332. The molecule has 48 heavy (non-hydrogen) atoms. The van der Waals surface area contributed by atoms with E-state index >= 15 is 0 Å². The van der Waals surface area contributed by atoms with Crippen LogP contribution in [0.3, 0.4) is 0 Å². The summed E-state index contributed by atoms with van der Waals surface area (Å²) in [6.07, 6.45) is 2.40. The first kappa shape index (κ1) is 30.2. The molecule has 0 N–H and O–H groups in total. The molecule has 1 nitrogen and oxygen atoms in total. The van der Waals surface area contributed by atoms with Gasteiger partial charge in [-0.05, 0) is 127 Å². The van der Waals surface area contributed by atoms with Crippen molar-refractivity contribution in [2.45, 2.75) is 58.3 Å². The second-order valence-electron chi connectivity index (χ2n) is 14.9. The molecule has 7 aromatic rings. The molecular formula is C47H43N. The molecule has 236 valence electrons. The van der Waals surface area contributed by atoms with Crippen molar-refractivity contribution in [3.05, 3.63) is 162 Å². The van der Waals surface area contributed by atoms with Crippen LogP contribution in [0.4, 0.5) is 17.1 Å². The number of rotatable bonds is 5. The van der Waals surface area contributed by atoms with Crippen molar-refractivity contribution in [3.8, 4) is 22.3 Å². The number of nitrogens with zero attached hydrogens (tertiary/aromatic N) is 1. The van der Waals surface area contributed by atoms with Crippen LogP contribution < -0.4 is 4.90 Å². The zero-order valence-electron chi connectivity index (χ0n) is 28.7. The lowest BCUT2D eigenvalue weighted by Gasteiger charge is -2.43. The summed E-state index contributed by atoms with van der Waals surface area (Å²) in [7, 11) is 0. The van der Waals surface area contributed by atoms with E-state index in [2.05, 4.69) is 185 Å². The van der Waals surface area contributed by atoms with E-state index in [0.29, 0.717) is 0 Å². The van der Waals surface area contributed by atoms with Crippen molar-refractivity contribution in [1.82, 2.24) is 0 Å². The predicted octanol–water partition coefficient (Wildman–Crippen LogP) is 13.5. The maximum Gasteiger partial charge on any atom is 0.0493 e. The molecule has 0 unspecified atom stereocenters. The van der Waals surface area contributed by atoms with Crippen LogP contribution in [0.2, 0.25) is 0 Å². The minimum Gasteiger partial charge on any atom is -0.310 e. The molecule has 0 fully saturated rings. The Bertz CT molecular complexity index is 2290. The van der Waals surface area contributed by atoms with Crippen LogP contribution in [0.25, 0.3) is 43.8 Å². The second-order valence-corrected chi connectivity index (χ2v) is 14.9. The number of hydrogen-bond donors (Lipinski definition) is 0. The van der Waals surface area contributed by atoms with Crippen LogP contribution >= 0.6 is 0 Å². The monoisotopic (exact) mass is 621 g/mol. The molecule has 1 aliphatic rings. The highest BCUT2D eigenvalue weighted by Gasteiger charge is 2.38. The summed E-state index contributed by atoms with van der Waals surface area (Å²) in [4.78, 5) is 2.47. The van der Waals surface area contributed by atoms with E-state index in [1.54, 1.807) is 0 Å². The van der Waals surface area contributed by atoms with Crippen molar-refractivity contribution >= 4 is 38.6 Å². The smallest absolute Gasteiger partial charge is 0.0493 e. The Morgan fingerprint density at radius 3 is 1.79 bits per heavy atom. The molecule has 0 saturated carbocycles. The average Bonchev–Trinajstić information content (AvgIpc) is 3.11. The molecule has 0 bridgehead atoms. The van der Waals surface area contributed by atoms with Gasteiger partial charge in [-0.2, -0.15) is 0 Å². The third-order valence-electron chi connectivity index (χ3n) is 10.8. The van der Waals surface area contributed by atoms with E-state index in [0.717, 1.165) is 11.4 Å². The number of anilines is 3. The lowest BCUT2D eigenvalue weighted by Crippen LogP contribution is -2.34. The normalized spacial score (nSPS) is 14.9. The minimum absolute atomic E-state index is 0.117. The lowest BCUT2D eigenvalue weighted by atomic mass is 9.63. The summed E-state index contributed by atoms with van der Waals surface area (Å²) in [6, 6.07) is 53.8. The highest BCUT2D eigenvalue weighted by atomic mass is 15.1. The van der Waals surface area contributed by atoms with Gasteiger partial charge in [-0.3, -0.25) is 0 Å². The van der Waals surface area contributed by atoms with Gasteiger partial charge in [0.05, 0.1) is 0 Å². The topological polar surface area (TPSA) is 3.24 Å². The molecular weight excluding hydrogens is 579 g/mol. The van der Waals surface area contributed by atoms with Crippen molar-refractivity contribution in [3.63, 3.8) is 0 Å². The van der Waals surface area contributed by atoms with E-state index < -0.39 is 0 Å². The first-order chi connectivity index (χ1) is 23.2. The maximum absolute atomic E-state index is 2.51. The SMILES string of the molecule is Cc1cc2c(cc1N(c1ccc(-c3cc4ccccc4c4ccccc34)cc1)c1cccc(-c3ccccc3)c1)C(C)(C)CCC2(C)C. The fourth-order valence-electron chi connectivity index (χ4n) is 7.92. The molecule has 0 saturated heterocycles. The quantitative estimate of drug-likeness (QED) is 0.173. The Hall–Kier alpha value is -5.14. The van der Waals surface area contributed by atoms with Crippen molar-refractivity contribution in [1.29, 1.82) is 0 Å². The second kappa shape index (κ2) is 11.5. The number of benzene rings is 7. The highest BCUT2D eigenvalue weighted by Crippen LogP contribution is 2.49. The predicted molar refractivity (Wildman–Crippen MR) is 207 cm³/mol. The van der Waals surface area contributed by atoms with E-state index in [9.17, 15) is 0 Å². The molecule has 0 aromatic heterocycles. The molecule has 8 rings (SSSR count). The van der Waals surface area contributed by atoms with Gasteiger partial charge in [0.2, 0.25) is 0 Å². The molecule has 0 heterocycles. The minimum atomic E-state index is 0.117. The highest BCUT2D eigenvalue weighted by molar-refractivity contribution is 6.13. The summed E-state index contributed by atoms with van der Waals surface area (Å²) in [6.45, 7) is 12.0. The zero-order valence-corrected chi connectivity index (χ0v) is 28.7. The fraction of sp³-hybridized carbons (Fsp3) is 0.191. The van der Waals surface area contributed by atoms with Gasteiger partial charge in [-0.25, -0.2) is 0 Å². The van der Waals surface area contributed by atoms with Crippen LogP contribution in [-0.4, -0.2) is 0 Å². The van der Waals surface area contributed by atoms with Crippen molar-refractivity contribution < 1.29 is 0 Å². The first-order valence-electron chi connectivity index (χ1n) is 17.3. The van der Waals surface area contributed by atoms with Gasteiger partial charge in [0, 0.05) is 17.1 Å². The fourth-order valence-corrected chi connectivity index (χ4v) is 7.92. The van der Waals surface area contributed by atoms with Gasteiger partial charge >= 0.3 is 0 Å². The van der Waals surface area contributed by atoms with Gasteiger partial charge in [-0.15, -0.1) is 0 Å². The molecule has 0 spiro atoms. The van der Waals surface area contributed by atoms with Crippen LogP contribution in [-0.2, 0) is 10.8 Å². The summed E-state index contributed by atoms with van der Waals surface area (Å²) >= 11 is 0. The third-order valence-corrected chi connectivity index (χ3v) is 10.8. The Kier molecular flexibility index (Phi) is 7.26. The average molecular weight is 622 g/mol. The van der Waals surface area contributed by atoms with Gasteiger partial charge in [0.1, 0.15) is 0 Å². The molecule has 1 aliphatic carbocycles. The molecule has 0 atom stereocenters. The van der Waals surface area contributed by atoms with Crippen molar-refractivity contribution in [2.75, 3.05) is 4.90 Å². The third kappa shape index (κ3) is 5.19. The number of fused-ring (bicyclic) bond motifs is 4. The van der Waals surface area contributed by atoms with Crippen molar-refractivity contribution in [2.24, 2.45) is 0 Å². The molecule has 7 aromatic carbocycles. The Morgan fingerprint density at radius 2 is 1.06 bits per heavy atom. The molecule has 0 radical (unpaired) electrons. The Morgan fingerprint density at radius 1 is 0.458 bits per heavy atom. The largest absolute Gasteiger partial charge is 0.310 e. The van der Waals surface area contributed by atoms with Gasteiger partial charge in [0.25, 0.3) is 0 Å². The summed E-state index contributed by atoms with van der Waals surface area (Å²) in [5.74, 6) is 0. The van der Waals surface area contributed by atoms with E-state index in [1.165, 1.54) is 79.0 Å². The van der Waals surface area contributed by atoms with Crippen LogP contribution in [0.15, 0.2) is 146 Å². The maximum atomic E-state index is 2.51. The van der Waals surface area contributed by atoms with Gasteiger partial charge in [-0.1, -0.05) is 137 Å². The Labute approximate surface area is 285 Å². The van der Waals surface area contributed by atoms with Gasteiger partial charge < -0.3 is 4.90 Å². The summed E-state index contributed by atoms with van der Waals surface area (Å²) < 4.78 is 0. The zero-order chi connectivity index (χ0) is 33.0. The first-order valence-corrected chi connectivity index (χ1v) is 17.3. The van der Waals surface area contributed by atoms with E-state index in [-0.39, 0.29) is 10.8 Å². The summed E-state index contributed by atoms with van der Waals surface area (Å²) in [5.41, 5.74) is 13.1. The van der Waals surface area contributed by atoms with Crippen LogP contribution in [0.1, 0.15) is 57.2 Å². The van der Waals surface area contributed by atoms with Crippen LogP contribution in [0.5, 0.6) is 0 Å². The summed E-state index contributed by atoms with van der Waals surface area (Å²) in [5, 5.41) is 5.15.